The highest BCUT2D eigenvalue weighted by Crippen LogP contribution is 2.17. The van der Waals surface area contributed by atoms with Crippen LogP contribution in [0.1, 0.15) is 0 Å². The molecule has 0 atom stereocenters. The zero-order valence-corrected chi connectivity index (χ0v) is 7.51. The molecule has 5 heteroatoms. The standard InChI is InChI=1S/C8H8ClN3O/c9-6-1-3-7(4-2-6)12-8(13)10-5-11-12/h1-4,11H,5H2,(H,10,13). The monoisotopic (exact) mass is 197 g/mol. The lowest BCUT2D eigenvalue weighted by Gasteiger charge is -2.13. The Morgan fingerprint density at radius 2 is 2.00 bits per heavy atom. The number of rotatable bonds is 1. The fourth-order valence-electron chi connectivity index (χ4n) is 1.14. The summed E-state index contributed by atoms with van der Waals surface area (Å²) in [5.41, 5.74) is 3.65. The van der Waals surface area contributed by atoms with Gasteiger partial charge in [0.05, 0.1) is 12.4 Å². The van der Waals surface area contributed by atoms with Gasteiger partial charge in [-0.1, -0.05) is 11.6 Å². The molecule has 1 saturated heterocycles. The SMILES string of the molecule is O=C1NCNN1c1ccc(Cl)cc1. The van der Waals surface area contributed by atoms with Crippen LogP contribution in [0.25, 0.3) is 0 Å². The molecule has 0 bridgehead atoms. The van der Waals surface area contributed by atoms with Crippen LogP contribution in [0.4, 0.5) is 10.5 Å². The highest BCUT2D eigenvalue weighted by Gasteiger charge is 2.20. The van der Waals surface area contributed by atoms with Gasteiger partial charge in [0.2, 0.25) is 0 Å². The van der Waals surface area contributed by atoms with Crippen LogP contribution in [0, 0.1) is 0 Å². The van der Waals surface area contributed by atoms with Crippen molar-refractivity contribution in [3.63, 3.8) is 0 Å². The third-order valence-electron chi connectivity index (χ3n) is 1.76. The molecule has 2 N–H and O–H groups in total. The molecule has 0 radical (unpaired) electrons. The van der Waals surface area contributed by atoms with Crippen LogP contribution in [0.3, 0.4) is 0 Å². The number of benzene rings is 1. The van der Waals surface area contributed by atoms with Gasteiger partial charge in [-0.3, -0.25) is 0 Å². The normalized spacial score (nSPS) is 16.1. The molecule has 1 aliphatic rings. The molecule has 68 valence electrons. The van der Waals surface area contributed by atoms with E-state index in [0.717, 1.165) is 5.69 Å². The quantitative estimate of drug-likeness (QED) is 0.714. The van der Waals surface area contributed by atoms with Crippen LogP contribution in [-0.4, -0.2) is 12.7 Å². The number of hydrogen-bond donors (Lipinski definition) is 2. The summed E-state index contributed by atoms with van der Waals surface area (Å²) < 4.78 is 0. The second kappa shape index (κ2) is 3.24. The second-order valence-corrected chi connectivity index (χ2v) is 3.07. The average Bonchev–Trinajstić information content (AvgIpc) is 2.53. The zero-order valence-electron chi connectivity index (χ0n) is 6.75. The first-order valence-electron chi connectivity index (χ1n) is 3.84. The minimum atomic E-state index is -0.151. The number of urea groups is 1. The van der Waals surface area contributed by atoms with E-state index in [4.69, 9.17) is 11.6 Å². The summed E-state index contributed by atoms with van der Waals surface area (Å²) in [6, 6.07) is 6.89. The predicted octanol–water partition coefficient (Wildman–Crippen LogP) is 1.33. The van der Waals surface area contributed by atoms with E-state index < -0.39 is 0 Å². The predicted molar refractivity (Wildman–Crippen MR) is 50.5 cm³/mol. The summed E-state index contributed by atoms with van der Waals surface area (Å²) >= 11 is 5.72. The van der Waals surface area contributed by atoms with E-state index in [1.165, 1.54) is 5.01 Å². The van der Waals surface area contributed by atoms with E-state index in [1.54, 1.807) is 24.3 Å². The number of halogens is 1. The summed E-state index contributed by atoms with van der Waals surface area (Å²) in [6.07, 6.45) is 0. The van der Waals surface area contributed by atoms with Crippen molar-refractivity contribution in [1.29, 1.82) is 0 Å². The Morgan fingerprint density at radius 1 is 1.31 bits per heavy atom. The first kappa shape index (κ1) is 8.34. The maximum absolute atomic E-state index is 11.2. The molecule has 1 aliphatic heterocycles. The van der Waals surface area contributed by atoms with E-state index in [1.807, 2.05) is 0 Å². The van der Waals surface area contributed by atoms with Crippen LogP contribution < -0.4 is 15.8 Å². The Kier molecular flexibility index (Phi) is 2.08. The third kappa shape index (κ3) is 1.59. The molecule has 4 nitrogen and oxygen atoms in total. The number of hydrogen-bond acceptors (Lipinski definition) is 2. The minimum absolute atomic E-state index is 0.151. The number of nitrogens with zero attached hydrogens (tertiary/aromatic N) is 1. The maximum atomic E-state index is 11.2. The Bertz CT molecular complexity index is 325. The largest absolute Gasteiger partial charge is 0.337 e. The lowest BCUT2D eigenvalue weighted by Crippen LogP contribution is -2.34. The van der Waals surface area contributed by atoms with Gasteiger partial charge in [0.25, 0.3) is 0 Å². The average molecular weight is 198 g/mol. The topological polar surface area (TPSA) is 44.4 Å². The summed E-state index contributed by atoms with van der Waals surface area (Å²) in [5.74, 6) is 0. The highest BCUT2D eigenvalue weighted by atomic mass is 35.5. The number of amides is 2. The van der Waals surface area contributed by atoms with Crippen molar-refractivity contribution in [3.8, 4) is 0 Å². The Balaban J connectivity index is 2.25. The number of carbonyl (C=O) groups is 1. The summed E-state index contributed by atoms with van der Waals surface area (Å²) in [4.78, 5) is 11.2. The Labute approximate surface area is 80.4 Å². The van der Waals surface area contributed by atoms with Gasteiger partial charge in [0.15, 0.2) is 0 Å². The maximum Gasteiger partial charge on any atom is 0.337 e. The van der Waals surface area contributed by atoms with Gasteiger partial charge in [-0.05, 0) is 24.3 Å². The van der Waals surface area contributed by atoms with E-state index >= 15 is 0 Å². The van der Waals surface area contributed by atoms with Crippen LogP contribution in [0.5, 0.6) is 0 Å². The number of anilines is 1. The molecule has 1 aromatic carbocycles. The van der Waals surface area contributed by atoms with Crippen molar-refractivity contribution in [2.24, 2.45) is 0 Å². The van der Waals surface area contributed by atoms with Crippen molar-refractivity contribution in [1.82, 2.24) is 10.7 Å². The Morgan fingerprint density at radius 3 is 2.54 bits per heavy atom. The van der Waals surface area contributed by atoms with E-state index in [2.05, 4.69) is 10.7 Å². The molecule has 2 amide bonds. The van der Waals surface area contributed by atoms with Gasteiger partial charge in [0.1, 0.15) is 0 Å². The lowest BCUT2D eigenvalue weighted by atomic mass is 10.3. The molecule has 0 unspecified atom stereocenters. The van der Waals surface area contributed by atoms with Gasteiger partial charge in [-0.15, -0.1) is 0 Å². The molecule has 0 saturated carbocycles. The van der Waals surface area contributed by atoms with Crippen molar-refractivity contribution < 1.29 is 4.79 Å². The van der Waals surface area contributed by atoms with Crippen molar-refractivity contribution >= 4 is 23.3 Å². The van der Waals surface area contributed by atoms with E-state index in [-0.39, 0.29) is 6.03 Å². The van der Waals surface area contributed by atoms with Gasteiger partial charge < -0.3 is 5.32 Å². The van der Waals surface area contributed by atoms with Crippen molar-refractivity contribution in [3.05, 3.63) is 29.3 Å². The highest BCUT2D eigenvalue weighted by molar-refractivity contribution is 6.30. The smallest absolute Gasteiger partial charge is 0.322 e. The molecule has 0 spiro atoms. The molecular formula is C8H8ClN3O. The first-order valence-corrected chi connectivity index (χ1v) is 4.22. The van der Waals surface area contributed by atoms with E-state index in [0.29, 0.717) is 11.7 Å². The lowest BCUT2D eigenvalue weighted by molar-refractivity contribution is 0.251. The number of nitrogens with one attached hydrogen (secondary N) is 2. The molecule has 0 aliphatic carbocycles. The van der Waals surface area contributed by atoms with Gasteiger partial charge in [-0.25, -0.2) is 15.2 Å². The zero-order chi connectivity index (χ0) is 9.26. The van der Waals surface area contributed by atoms with Crippen LogP contribution >= 0.6 is 11.6 Å². The molecule has 1 heterocycles. The molecule has 1 fully saturated rings. The van der Waals surface area contributed by atoms with Gasteiger partial charge in [0, 0.05) is 5.02 Å². The summed E-state index contributed by atoms with van der Waals surface area (Å²) in [5, 5.41) is 4.72. The minimum Gasteiger partial charge on any atom is -0.322 e. The van der Waals surface area contributed by atoms with Crippen molar-refractivity contribution in [2.45, 2.75) is 0 Å². The molecule has 13 heavy (non-hydrogen) atoms. The second-order valence-electron chi connectivity index (χ2n) is 2.63. The summed E-state index contributed by atoms with van der Waals surface area (Å²) in [7, 11) is 0. The number of hydrazine groups is 1. The van der Waals surface area contributed by atoms with Crippen LogP contribution in [0.15, 0.2) is 24.3 Å². The number of carbonyl (C=O) groups excluding carboxylic acids is 1. The molecular weight excluding hydrogens is 190 g/mol. The summed E-state index contributed by atoms with van der Waals surface area (Å²) in [6.45, 7) is 0.460. The molecule has 1 aromatic rings. The first-order chi connectivity index (χ1) is 6.27. The Hall–Kier alpha value is -1.26. The van der Waals surface area contributed by atoms with Crippen LogP contribution in [-0.2, 0) is 0 Å². The third-order valence-corrected chi connectivity index (χ3v) is 2.02. The molecule has 2 rings (SSSR count). The van der Waals surface area contributed by atoms with Crippen molar-refractivity contribution in [2.75, 3.05) is 11.7 Å². The van der Waals surface area contributed by atoms with Gasteiger partial charge in [-0.2, -0.15) is 0 Å². The molecule has 0 aromatic heterocycles. The van der Waals surface area contributed by atoms with Gasteiger partial charge >= 0.3 is 6.03 Å². The van der Waals surface area contributed by atoms with Crippen LogP contribution in [0.2, 0.25) is 5.02 Å². The van der Waals surface area contributed by atoms with E-state index in [9.17, 15) is 4.79 Å². The fraction of sp³-hybridized carbons (Fsp3) is 0.125. The fourth-order valence-corrected chi connectivity index (χ4v) is 1.27.